The number of nitrogens with two attached hydrogens (primary N) is 1. The van der Waals surface area contributed by atoms with Crippen LogP contribution in [0, 0.1) is 0 Å². The molecule has 18 heavy (non-hydrogen) atoms. The van der Waals surface area contributed by atoms with Gasteiger partial charge >= 0.3 is 0 Å². The number of hydrogen-bond donors (Lipinski definition) is 1. The SMILES string of the molecule is CN(Cc1ccsc1)c1cc(N)nc(C2CC2)n1. The van der Waals surface area contributed by atoms with Crippen molar-refractivity contribution in [3.8, 4) is 0 Å². The van der Waals surface area contributed by atoms with Crippen LogP contribution in [0.2, 0.25) is 0 Å². The maximum Gasteiger partial charge on any atom is 0.136 e. The zero-order valence-electron chi connectivity index (χ0n) is 10.3. The first-order valence-corrected chi connectivity index (χ1v) is 7.03. The molecular weight excluding hydrogens is 244 g/mol. The highest BCUT2D eigenvalue weighted by atomic mass is 32.1. The van der Waals surface area contributed by atoms with Crippen LogP contribution in [0.3, 0.4) is 0 Å². The summed E-state index contributed by atoms with van der Waals surface area (Å²) in [7, 11) is 2.04. The van der Waals surface area contributed by atoms with E-state index in [-0.39, 0.29) is 0 Å². The molecule has 5 heteroatoms. The Balaban J connectivity index is 1.81. The highest BCUT2D eigenvalue weighted by molar-refractivity contribution is 7.07. The Morgan fingerprint density at radius 3 is 2.94 bits per heavy atom. The van der Waals surface area contributed by atoms with Crippen LogP contribution >= 0.6 is 11.3 Å². The van der Waals surface area contributed by atoms with Crippen molar-refractivity contribution in [3.05, 3.63) is 34.3 Å². The third kappa shape index (κ3) is 2.46. The molecule has 0 spiro atoms. The summed E-state index contributed by atoms with van der Waals surface area (Å²) in [6.07, 6.45) is 2.38. The van der Waals surface area contributed by atoms with E-state index in [4.69, 9.17) is 5.73 Å². The minimum absolute atomic E-state index is 0.529. The van der Waals surface area contributed by atoms with Crippen LogP contribution in [-0.4, -0.2) is 17.0 Å². The largest absolute Gasteiger partial charge is 0.384 e. The minimum Gasteiger partial charge on any atom is -0.384 e. The molecule has 0 atom stereocenters. The van der Waals surface area contributed by atoms with Gasteiger partial charge < -0.3 is 10.6 Å². The van der Waals surface area contributed by atoms with Gasteiger partial charge in [-0.15, -0.1) is 0 Å². The zero-order valence-corrected chi connectivity index (χ0v) is 11.2. The van der Waals surface area contributed by atoms with Crippen LogP contribution < -0.4 is 10.6 Å². The molecule has 1 saturated carbocycles. The predicted octanol–water partition coefficient (Wildman–Crippen LogP) is 2.63. The van der Waals surface area contributed by atoms with E-state index in [1.807, 2.05) is 13.1 Å². The summed E-state index contributed by atoms with van der Waals surface area (Å²) in [6, 6.07) is 3.98. The molecule has 2 aromatic heterocycles. The lowest BCUT2D eigenvalue weighted by Gasteiger charge is -2.18. The lowest BCUT2D eigenvalue weighted by molar-refractivity contribution is 0.859. The maximum absolute atomic E-state index is 5.86. The van der Waals surface area contributed by atoms with Crippen LogP contribution in [0.15, 0.2) is 22.9 Å². The molecule has 3 rings (SSSR count). The fourth-order valence-electron chi connectivity index (χ4n) is 1.93. The first-order chi connectivity index (χ1) is 8.72. The molecule has 0 aromatic carbocycles. The molecular formula is C13H16N4S. The lowest BCUT2D eigenvalue weighted by atomic mass is 10.3. The van der Waals surface area contributed by atoms with Crippen molar-refractivity contribution in [3.63, 3.8) is 0 Å². The van der Waals surface area contributed by atoms with Gasteiger partial charge in [-0.2, -0.15) is 11.3 Å². The second-order valence-corrected chi connectivity index (χ2v) is 5.55. The van der Waals surface area contributed by atoms with Crippen LogP contribution in [0.4, 0.5) is 11.6 Å². The molecule has 0 saturated heterocycles. The van der Waals surface area contributed by atoms with E-state index < -0.39 is 0 Å². The standard InChI is InChI=1S/C13H16N4S/c1-17(7-9-4-5-18-8-9)12-6-11(14)15-13(16-12)10-2-3-10/h4-6,8,10H,2-3,7H2,1H3,(H2,14,15,16). The Morgan fingerprint density at radius 2 is 2.28 bits per heavy atom. The van der Waals surface area contributed by atoms with Crippen molar-refractivity contribution in [2.75, 3.05) is 17.7 Å². The molecule has 0 bridgehead atoms. The summed E-state index contributed by atoms with van der Waals surface area (Å²) in [5, 5.41) is 4.25. The summed E-state index contributed by atoms with van der Waals surface area (Å²) in [6.45, 7) is 0.851. The van der Waals surface area contributed by atoms with Gasteiger partial charge in [0.1, 0.15) is 17.5 Å². The molecule has 0 aliphatic heterocycles. The average molecular weight is 260 g/mol. The molecule has 94 valence electrons. The Kier molecular flexibility index (Phi) is 2.91. The molecule has 2 aromatic rings. The van der Waals surface area contributed by atoms with Crippen molar-refractivity contribution in [1.29, 1.82) is 0 Å². The topological polar surface area (TPSA) is 55.0 Å². The quantitative estimate of drug-likeness (QED) is 0.918. The molecule has 0 radical (unpaired) electrons. The van der Waals surface area contributed by atoms with Gasteiger partial charge in [0.15, 0.2) is 0 Å². The summed E-state index contributed by atoms with van der Waals surface area (Å²) >= 11 is 1.71. The number of aromatic nitrogens is 2. The fourth-order valence-corrected chi connectivity index (χ4v) is 2.59. The maximum atomic E-state index is 5.86. The number of anilines is 2. The highest BCUT2D eigenvalue weighted by Gasteiger charge is 2.27. The Labute approximate surface area is 110 Å². The smallest absolute Gasteiger partial charge is 0.136 e. The van der Waals surface area contributed by atoms with Gasteiger partial charge in [-0.05, 0) is 35.2 Å². The van der Waals surface area contributed by atoms with Gasteiger partial charge in [0, 0.05) is 25.6 Å². The molecule has 0 amide bonds. The lowest BCUT2D eigenvalue weighted by Crippen LogP contribution is -2.18. The van der Waals surface area contributed by atoms with Crippen LogP contribution in [-0.2, 0) is 6.54 Å². The van der Waals surface area contributed by atoms with Crippen LogP contribution in [0.5, 0.6) is 0 Å². The first-order valence-electron chi connectivity index (χ1n) is 6.09. The number of nitrogen functional groups attached to an aromatic ring is 1. The van der Waals surface area contributed by atoms with Crippen molar-refractivity contribution in [2.24, 2.45) is 0 Å². The summed E-state index contributed by atoms with van der Waals surface area (Å²) in [5.74, 6) is 2.92. The van der Waals surface area contributed by atoms with Gasteiger partial charge in [0.2, 0.25) is 0 Å². The summed E-state index contributed by atoms with van der Waals surface area (Å²) in [5.41, 5.74) is 7.16. The van der Waals surface area contributed by atoms with E-state index in [0.29, 0.717) is 11.7 Å². The normalized spacial score (nSPS) is 14.7. The number of rotatable bonds is 4. The van der Waals surface area contributed by atoms with Crippen molar-refractivity contribution in [2.45, 2.75) is 25.3 Å². The minimum atomic E-state index is 0.529. The van der Waals surface area contributed by atoms with E-state index in [1.54, 1.807) is 11.3 Å². The summed E-state index contributed by atoms with van der Waals surface area (Å²) in [4.78, 5) is 11.0. The zero-order chi connectivity index (χ0) is 12.5. The van der Waals surface area contributed by atoms with Gasteiger partial charge in [0.25, 0.3) is 0 Å². The first kappa shape index (κ1) is 11.5. The third-order valence-corrected chi connectivity index (χ3v) is 3.82. The molecule has 1 aliphatic rings. The number of nitrogens with zero attached hydrogens (tertiary/aromatic N) is 3. The second kappa shape index (κ2) is 4.57. The Hall–Kier alpha value is -1.62. The predicted molar refractivity (Wildman–Crippen MR) is 74.8 cm³/mol. The van der Waals surface area contributed by atoms with Crippen molar-refractivity contribution < 1.29 is 0 Å². The molecule has 1 aliphatic carbocycles. The average Bonchev–Trinajstić information content (AvgIpc) is 3.08. The Morgan fingerprint density at radius 1 is 1.44 bits per heavy atom. The van der Waals surface area contributed by atoms with Gasteiger partial charge in [-0.3, -0.25) is 0 Å². The van der Waals surface area contributed by atoms with E-state index in [1.165, 1.54) is 18.4 Å². The molecule has 1 fully saturated rings. The monoisotopic (exact) mass is 260 g/mol. The van der Waals surface area contributed by atoms with Crippen molar-refractivity contribution >= 4 is 23.0 Å². The van der Waals surface area contributed by atoms with Gasteiger partial charge in [0.05, 0.1) is 0 Å². The van der Waals surface area contributed by atoms with Crippen molar-refractivity contribution in [1.82, 2.24) is 9.97 Å². The van der Waals surface area contributed by atoms with E-state index >= 15 is 0 Å². The van der Waals surface area contributed by atoms with Crippen LogP contribution in [0.1, 0.15) is 30.1 Å². The second-order valence-electron chi connectivity index (χ2n) is 4.77. The molecule has 4 nitrogen and oxygen atoms in total. The fraction of sp³-hybridized carbons (Fsp3) is 0.385. The third-order valence-electron chi connectivity index (χ3n) is 3.08. The number of thiophene rings is 1. The van der Waals surface area contributed by atoms with Gasteiger partial charge in [-0.25, -0.2) is 9.97 Å². The number of hydrogen-bond acceptors (Lipinski definition) is 5. The van der Waals surface area contributed by atoms with Crippen LogP contribution in [0.25, 0.3) is 0 Å². The Bertz CT molecular complexity index is 534. The van der Waals surface area contributed by atoms with E-state index in [0.717, 1.165) is 18.2 Å². The highest BCUT2D eigenvalue weighted by Crippen LogP contribution is 2.38. The molecule has 0 unspecified atom stereocenters. The van der Waals surface area contributed by atoms with E-state index in [9.17, 15) is 0 Å². The summed E-state index contributed by atoms with van der Waals surface area (Å²) < 4.78 is 0. The van der Waals surface area contributed by atoms with Gasteiger partial charge in [-0.1, -0.05) is 0 Å². The molecule has 2 N–H and O–H groups in total. The molecule has 2 heterocycles. The van der Waals surface area contributed by atoms with E-state index in [2.05, 4.69) is 31.7 Å².